The van der Waals surface area contributed by atoms with Crippen LogP contribution in [-0.4, -0.2) is 0 Å². The fourth-order valence-corrected chi connectivity index (χ4v) is 2.66. The average Bonchev–Trinajstić information content (AvgIpc) is 2.41. The van der Waals surface area contributed by atoms with E-state index in [0.717, 1.165) is 5.56 Å². The van der Waals surface area contributed by atoms with Crippen molar-refractivity contribution in [3.63, 3.8) is 0 Å². The van der Waals surface area contributed by atoms with E-state index in [9.17, 15) is 4.39 Å². The Bertz CT molecular complexity index is 619. The molecule has 0 fully saturated rings. The van der Waals surface area contributed by atoms with Gasteiger partial charge in [0, 0.05) is 5.02 Å². The van der Waals surface area contributed by atoms with Crippen molar-refractivity contribution >= 4 is 34.8 Å². The number of nitrogens with two attached hydrogens (primary N) is 1. The minimum absolute atomic E-state index is 0.293. The number of rotatable bonds is 4. The highest BCUT2D eigenvalue weighted by atomic mass is 35.5. The highest BCUT2D eigenvalue weighted by Gasteiger charge is 2.16. The van der Waals surface area contributed by atoms with Gasteiger partial charge in [-0.15, -0.1) is 0 Å². The summed E-state index contributed by atoms with van der Waals surface area (Å²) in [6.07, 6.45) is 0.487. The van der Waals surface area contributed by atoms with Gasteiger partial charge in [-0.2, -0.15) is 0 Å². The van der Waals surface area contributed by atoms with Gasteiger partial charge in [-0.05, 0) is 35.7 Å². The number of hydrogen-bond acceptors (Lipinski definition) is 2. The first-order valence-corrected chi connectivity index (χ1v) is 7.00. The van der Waals surface area contributed by atoms with Crippen LogP contribution in [0.25, 0.3) is 0 Å². The Labute approximate surface area is 131 Å². The molecule has 2 aromatic carbocycles. The lowest BCUT2D eigenvalue weighted by atomic mass is 9.99. The molecule has 6 heteroatoms. The van der Waals surface area contributed by atoms with Crippen molar-refractivity contribution in [2.75, 3.05) is 0 Å². The van der Waals surface area contributed by atoms with Crippen molar-refractivity contribution in [1.29, 1.82) is 0 Å². The van der Waals surface area contributed by atoms with Gasteiger partial charge in [0.05, 0.1) is 16.1 Å². The lowest BCUT2D eigenvalue weighted by Gasteiger charge is -2.18. The lowest BCUT2D eigenvalue weighted by Crippen LogP contribution is -2.30. The molecule has 106 valence electrons. The molecule has 0 aliphatic heterocycles. The van der Waals surface area contributed by atoms with E-state index in [4.69, 9.17) is 40.6 Å². The van der Waals surface area contributed by atoms with Crippen molar-refractivity contribution in [2.45, 2.75) is 12.5 Å². The third-order valence-electron chi connectivity index (χ3n) is 2.99. The van der Waals surface area contributed by atoms with E-state index in [2.05, 4.69) is 5.43 Å². The summed E-state index contributed by atoms with van der Waals surface area (Å²) in [5.41, 5.74) is 4.20. The third kappa shape index (κ3) is 3.43. The van der Waals surface area contributed by atoms with Crippen LogP contribution in [-0.2, 0) is 6.42 Å². The van der Waals surface area contributed by atoms with Crippen molar-refractivity contribution in [1.82, 2.24) is 5.43 Å². The highest BCUT2D eigenvalue weighted by Crippen LogP contribution is 2.31. The Morgan fingerprint density at radius 3 is 2.50 bits per heavy atom. The predicted octanol–water partition coefficient (Wildman–Crippen LogP) is 4.53. The van der Waals surface area contributed by atoms with Crippen molar-refractivity contribution < 1.29 is 4.39 Å². The van der Waals surface area contributed by atoms with Gasteiger partial charge < -0.3 is 0 Å². The molecule has 1 atom stereocenters. The van der Waals surface area contributed by atoms with Gasteiger partial charge in [-0.1, -0.05) is 53.0 Å². The Kier molecular flexibility index (Phi) is 5.24. The number of hydrogen-bond donors (Lipinski definition) is 2. The van der Waals surface area contributed by atoms with Gasteiger partial charge >= 0.3 is 0 Å². The number of nitrogens with one attached hydrogen (secondary N) is 1. The summed E-state index contributed by atoms with van der Waals surface area (Å²) in [5.74, 6) is 5.18. The van der Waals surface area contributed by atoms with Crippen LogP contribution in [0.2, 0.25) is 15.1 Å². The molecule has 0 aliphatic rings. The first-order chi connectivity index (χ1) is 9.52. The molecule has 0 spiro atoms. The second-order valence-electron chi connectivity index (χ2n) is 4.30. The molecule has 2 nitrogen and oxygen atoms in total. The third-order valence-corrected chi connectivity index (χ3v) is 4.18. The second-order valence-corrected chi connectivity index (χ2v) is 5.49. The average molecular weight is 334 g/mol. The topological polar surface area (TPSA) is 38.0 Å². The molecule has 0 aliphatic carbocycles. The largest absolute Gasteiger partial charge is 0.271 e. The van der Waals surface area contributed by atoms with Crippen LogP contribution >= 0.6 is 34.8 Å². The lowest BCUT2D eigenvalue weighted by molar-refractivity contribution is 0.549. The Morgan fingerprint density at radius 1 is 1.10 bits per heavy atom. The first-order valence-electron chi connectivity index (χ1n) is 5.87. The van der Waals surface area contributed by atoms with Crippen LogP contribution in [0.5, 0.6) is 0 Å². The standard InChI is InChI=1S/C14H12Cl3FN2/c15-11-3-1-2-8(14(11)17)6-13(20-19)10-5-4-9(18)7-12(10)16/h1-5,7,13,20H,6,19H2. The minimum atomic E-state index is -0.393. The molecule has 3 N–H and O–H groups in total. The van der Waals surface area contributed by atoms with Crippen molar-refractivity contribution in [3.05, 3.63) is 68.4 Å². The summed E-state index contributed by atoms with van der Waals surface area (Å²) in [4.78, 5) is 0. The van der Waals surface area contributed by atoms with Crippen LogP contribution in [0.1, 0.15) is 17.2 Å². The maximum absolute atomic E-state index is 13.1. The summed E-state index contributed by atoms with van der Waals surface area (Å²) in [5, 5.41) is 1.27. The molecule has 20 heavy (non-hydrogen) atoms. The fourth-order valence-electron chi connectivity index (χ4n) is 1.97. The molecule has 0 aromatic heterocycles. The monoisotopic (exact) mass is 332 g/mol. The quantitative estimate of drug-likeness (QED) is 0.637. The summed E-state index contributed by atoms with van der Waals surface area (Å²) in [6, 6.07) is 9.27. The van der Waals surface area contributed by atoms with E-state index in [1.54, 1.807) is 12.1 Å². The molecule has 0 heterocycles. The SMILES string of the molecule is NNC(Cc1cccc(Cl)c1Cl)c1ccc(F)cc1Cl. The molecular formula is C14H12Cl3FN2. The zero-order chi connectivity index (χ0) is 14.7. The van der Waals surface area contributed by atoms with Crippen molar-refractivity contribution in [2.24, 2.45) is 5.84 Å². The van der Waals surface area contributed by atoms with Crippen LogP contribution in [0.15, 0.2) is 36.4 Å². The van der Waals surface area contributed by atoms with E-state index in [1.807, 2.05) is 12.1 Å². The molecule has 2 aromatic rings. The summed E-state index contributed by atoms with van der Waals surface area (Å²) < 4.78 is 13.1. The summed E-state index contributed by atoms with van der Waals surface area (Å²) in [6.45, 7) is 0. The fraction of sp³-hybridized carbons (Fsp3) is 0.143. The summed E-state index contributed by atoms with van der Waals surface area (Å²) in [7, 11) is 0. The minimum Gasteiger partial charge on any atom is -0.271 e. The van der Waals surface area contributed by atoms with Gasteiger partial charge in [0.15, 0.2) is 0 Å². The predicted molar refractivity (Wildman–Crippen MR) is 81.6 cm³/mol. The maximum Gasteiger partial charge on any atom is 0.124 e. The molecule has 0 bridgehead atoms. The second kappa shape index (κ2) is 6.74. The zero-order valence-electron chi connectivity index (χ0n) is 10.3. The Hall–Kier alpha value is -0.840. The van der Waals surface area contributed by atoms with E-state index in [0.29, 0.717) is 27.1 Å². The van der Waals surface area contributed by atoms with E-state index in [1.165, 1.54) is 12.1 Å². The molecule has 1 unspecified atom stereocenters. The molecule has 0 saturated heterocycles. The van der Waals surface area contributed by atoms with E-state index < -0.39 is 5.82 Å². The van der Waals surface area contributed by atoms with Gasteiger partial charge in [-0.25, -0.2) is 4.39 Å². The normalized spacial score (nSPS) is 12.4. The molecule has 0 amide bonds. The maximum atomic E-state index is 13.1. The van der Waals surface area contributed by atoms with Crippen LogP contribution in [0.4, 0.5) is 4.39 Å². The number of halogens is 4. The van der Waals surface area contributed by atoms with E-state index >= 15 is 0 Å². The molecule has 0 radical (unpaired) electrons. The van der Waals surface area contributed by atoms with Gasteiger partial charge in [-0.3, -0.25) is 11.3 Å². The molecule has 2 rings (SSSR count). The molecule has 0 saturated carbocycles. The van der Waals surface area contributed by atoms with Gasteiger partial charge in [0.2, 0.25) is 0 Å². The van der Waals surface area contributed by atoms with Crippen LogP contribution in [0.3, 0.4) is 0 Å². The summed E-state index contributed by atoms with van der Waals surface area (Å²) >= 11 is 18.2. The van der Waals surface area contributed by atoms with Crippen LogP contribution in [0, 0.1) is 5.82 Å². The van der Waals surface area contributed by atoms with E-state index in [-0.39, 0.29) is 6.04 Å². The first kappa shape index (κ1) is 15.5. The van der Waals surface area contributed by atoms with Gasteiger partial charge in [0.1, 0.15) is 5.82 Å². The zero-order valence-corrected chi connectivity index (χ0v) is 12.6. The molecular weight excluding hydrogens is 322 g/mol. The highest BCUT2D eigenvalue weighted by molar-refractivity contribution is 6.42. The van der Waals surface area contributed by atoms with Crippen molar-refractivity contribution in [3.8, 4) is 0 Å². The smallest absolute Gasteiger partial charge is 0.124 e. The number of hydrazine groups is 1. The number of benzene rings is 2. The Balaban J connectivity index is 2.31. The Morgan fingerprint density at radius 2 is 1.85 bits per heavy atom. The van der Waals surface area contributed by atoms with Crippen LogP contribution < -0.4 is 11.3 Å². The van der Waals surface area contributed by atoms with Gasteiger partial charge in [0.25, 0.3) is 0 Å².